The second kappa shape index (κ2) is 6.64. The highest BCUT2D eigenvalue weighted by Gasteiger charge is 2.17. The van der Waals surface area contributed by atoms with Crippen LogP contribution in [0.1, 0.15) is 4.88 Å². The second-order valence-corrected chi connectivity index (χ2v) is 7.24. The van der Waals surface area contributed by atoms with Gasteiger partial charge in [0.25, 0.3) is 10.0 Å². The van der Waals surface area contributed by atoms with Gasteiger partial charge in [-0.15, -0.1) is 0 Å². The third-order valence-electron chi connectivity index (χ3n) is 2.24. The Labute approximate surface area is 136 Å². The minimum Gasteiger partial charge on any atom is -0.320 e. The number of nitrogens with one attached hydrogen (secondary N) is 1. The minimum atomic E-state index is -3.78. The molecule has 0 aliphatic rings. The van der Waals surface area contributed by atoms with Crippen LogP contribution >= 0.6 is 34.5 Å². The maximum absolute atomic E-state index is 12.2. The zero-order chi connectivity index (χ0) is 15.5. The molecule has 2 aromatic rings. The summed E-state index contributed by atoms with van der Waals surface area (Å²) in [6.07, 6.45) is 1.47. The molecule has 1 aromatic heterocycles. The van der Waals surface area contributed by atoms with Gasteiger partial charge < -0.3 is 5.73 Å². The molecule has 0 radical (unpaired) electrons. The van der Waals surface area contributed by atoms with E-state index in [0.29, 0.717) is 4.88 Å². The molecule has 0 aliphatic heterocycles. The molecular formula is C12H9Cl2N3O2S2. The first-order valence-electron chi connectivity index (χ1n) is 5.55. The Bertz CT molecular complexity index is 823. The monoisotopic (exact) mass is 361 g/mol. The molecule has 3 N–H and O–H groups in total. The summed E-state index contributed by atoms with van der Waals surface area (Å²) in [5, 5.41) is 0.653. The fraction of sp³-hybridized carbons (Fsp3) is 0.0833. The summed E-state index contributed by atoms with van der Waals surface area (Å²) in [5.74, 6) is 5.44. The quantitative estimate of drug-likeness (QED) is 0.822. The molecule has 0 bridgehead atoms. The Balaban J connectivity index is 2.24. The first-order chi connectivity index (χ1) is 9.92. The summed E-state index contributed by atoms with van der Waals surface area (Å²) in [4.78, 5) is 4.57. The van der Waals surface area contributed by atoms with Crippen LogP contribution < -0.4 is 10.5 Å². The lowest BCUT2D eigenvalue weighted by Gasteiger charge is -2.05. The Kier molecular flexibility index (Phi) is 5.08. The Hall–Kier alpha value is -1.30. The van der Waals surface area contributed by atoms with Crippen molar-refractivity contribution >= 4 is 49.7 Å². The SMILES string of the molecule is NCC#Cc1cnc(NS(=O)(=O)c2ccc(Cl)c(Cl)c2)s1. The predicted octanol–water partition coefficient (Wildman–Crippen LogP) is 2.56. The molecule has 0 fully saturated rings. The molecule has 9 heteroatoms. The zero-order valence-electron chi connectivity index (χ0n) is 10.4. The fourth-order valence-corrected chi connectivity index (χ4v) is 3.66. The number of anilines is 1. The van der Waals surface area contributed by atoms with E-state index in [1.807, 2.05) is 0 Å². The van der Waals surface area contributed by atoms with Crippen molar-refractivity contribution in [1.29, 1.82) is 0 Å². The lowest BCUT2D eigenvalue weighted by atomic mass is 10.4. The van der Waals surface area contributed by atoms with Gasteiger partial charge in [0.1, 0.15) is 0 Å². The van der Waals surface area contributed by atoms with Gasteiger partial charge in [-0.1, -0.05) is 46.4 Å². The lowest BCUT2D eigenvalue weighted by molar-refractivity contribution is 0.601. The summed E-state index contributed by atoms with van der Waals surface area (Å²) < 4.78 is 26.7. The van der Waals surface area contributed by atoms with Crippen molar-refractivity contribution in [1.82, 2.24) is 4.98 Å². The first kappa shape index (κ1) is 16.1. The molecule has 0 saturated carbocycles. The number of hydrogen-bond donors (Lipinski definition) is 2. The third kappa shape index (κ3) is 4.09. The van der Waals surface area contributed by atoms with Crippen molar-refractivity contribution in [3.63, 3.8) is 0 Å². The van der Waals surface area contributed by atoms with Crippen LogP contribution in [-0.4, -0.2) is 19.9 Å². The van der Waals surface area contributed by atoms with E-state index in [0.717, 1.165) is 11.3 Å². The predicted molar refractivity (Wildman–Crippen MR) is 85.3 cm³/mol. The van der Waals surface area contributed by atoms with Crippen LogP contribution in [0, 0.1) is 11.8 Å². The Morgan fingerprint density at radius 3 is 2.76 bits per heavy atom. The number of aromatic nitrogens is 1. The third-order valence-corrected chi connectivity index (χ3v) is 5.28. The molecule has 0 aliphatic carbocycles. The van der Waals surface area contributed by atoms with Crippen molar-refractivity contribution in [3.8, 4) is 11.8 Å². The number of rotatable bonds is 3. The van der Waals surface area contributed by atoms with E-state index in [1.54, 1.807) is 0 Å². The molecular weight excluding hydrogens is 353 g/mol. The van der Waals surface area contributed by atoms with E-state index >= 15 is 0 Å². The van der Waals surface area contributed by atoms with E-state index in [9.17, 15) is 8.42 Å². The van der Waals surface area contributed by atoms with E-state index < -0.39 is 10.0 Å². The molecule has 0 saturated heterocycles. The summed E-state index contributed by atoms with van der Waals surface area (Å²) >= 11 is 12.7. The normalized spacial score (nSPS) is 10.8. The zero-order valence-corrected chi connectivity index (χ0v) is 13.6. The molecule has 1 aromatic carbocycles. The van der Waals surface area contributed by atoms with Gasteiger partial charge >= 0.3 is 0 Å². The van der Waals surface area contributed by atoms with Crippen LogP contribution in [0.2, 0.25) is 10.0 Å². The molecule has 1 heterocycles. The highest BCUT2D eigenvalue weighted by atomic mass is 35.5. The lowest BCUT2D eigenvalue weighted by Crippen LogP contribution is -2.12. The van der Waals surface area contributed by atoms with E-state index in [2.05, 4.69) is 21.5 Å². The highest BCUT2D eigenvalue weighted by molar-refractivity contribution is 7.93. The van der Waals surface area contributed by atoms with E-state index in [1.165, 1.54) is 24.4 Å². The molecule has 110 valence electrons. The van der Waals surface area contributed by atoms with Crippen molar-refractivity contribution in [3.05, 3.63) is 39.3 Å². The summed E-state index contributed by atoms with van der Waals surface area (Å²) in [5.41, 5.74) is 5.26. The van der Waals surface area contributed by atoms with Crippen molar-refractivity contribution in [2.75, 3.05) is 11.3 Å². The van der Waals surface area contributed by atoms with Gasteiger partial charge in [0, 0.05) is 0 Å². The van der Waals surface area contributed by atoms with Crippen LogP contribution in [0.5, 0.6) is 0 Å². The summed E-state index contributed by atoms with van der Waals surface area (Å²) in [7, 11) is -3.78. The number of hydrogen-bond acceptors (Lipinski definition) is 5. The smallest absolute Gasteiger partial charge is 0.263 e. The average Bonchev–Trinajstić information content (AvgIpc) is 2.86. The molecule has 21 heavy (non-hydrogen) atoms. The topological polar surface area (TPSA) is 85.1 Å². The van der Waals surface area contributed by atoms with Crippen LogP contribution in [-0.2, 0) is 10.0 Å². The van der Waals surface area contributed by atoms with Gasteiger partial charge in [-0.05, 0) is 18.2 Å². The standard InChI is InChI=1S/C12H9Cl2N3O2S2/c13-10-4-3-9(6-11(10)14)21(18,19)17-12-16-7-8(20-12)2-1-5-15/h3-4,6-7H,5,15H2,(H,16,17). The van der Waals surface area contributed by atoms with Crippen molar-refractivity contribution in [2.24, 2.45) is 5.73 Å². The fourth-order valence-electron chi connectivity index (χ4n) is 1.34. The van der Waals surface area contributed by atoms with E-state index in [4.69, 9.17) is 28.9 Å². The Morgan fingerprint density at radius 1 is 1.33 bits per heavy atom. The average molecular weight is 362 g/mol. The van der Waals surface area contributed by atoms with Crippen LogP contribution in [0.25, 0.3) is 0 Å². The van der Waals surface area contributed by atoms with Crippen LogP contribution in [0.3, 0.4) is 0 Å². The van der Waals surface area contributed by atoms with Gasteiger partial charge in [-0.2, -0.15) is 0 Å². The largest absolute Gasteiger partial charge is 0.320 e. The summed E-state index contributed by atoms with van der Waals surface area (Å²) in [6.45, 7) is 0.224. The molecule has 0 amide bonds. The number of benzene rings is 1. The van der Waals surface area contributed by atoms with Gasteiger partial charge in [0.15, 0.2) is 5.13 Å². The molecule has 0 spiro atoms. The van der Waals surface area contributed by atoms with Crippen LogP contribution in [0.4, 0.5) is 5.13 Å². The molecule has 0 unspecified atom stereocenters. The number of nitrogens with two attached hydrogens (primary N) is 1. The minimum absolute atomic E-state index is 0.00157. The number of thiazole rings is 1. The van der Waals surface area contributed by atoms with Crippen LogP contribution in [0.15, 0.2) is 29.3 Å². The molecule has 0 atom stereocenters. The number of sulfonamides is 1. The number of nitrogens with zero attached hydrogens (tertiary/aromatic N) is 1. The van der Waals surface area contributed by atoms with Gasteiger partial charge in [0.2, 0.25) is 0 Å². The van der Waals surface area contributed by atoms with Gasteiger partial charge in [0.05, 0.1) is 32.6 Å². The highest BCUT2D eigenvalue weighted by Crippen LogP contribution is 2.27. The molecule has 2 rings (SSSR count). The first-order valence-corrected chi connectivity index (χ1v) is 8.60. The molecule has 5 nitrogen and oxygen atoms in total. The van der Waals surface area contributed by atoms with Gasteiger partial charge in [-0.3, -0.25) is 4.72 Å². The Morgan fingerprint density at radius 2 is 2.10 bits per heavy atom. The second-order valence-electron chi connectivity index (χ2n) is 3.72. The number of halogens is 2. The van der Waals surface area contributed by atoms with Crippen molar-refractivity contribution < 1.29 is 8.42 Å². The maximum Gasteiger partial charge on any atom is 0.263 e. The maximum atomic E-state index is 12.2. The summed E-state index contributed by atoms with van der Waals surface area (Å²) in [6, 6.07) is 4.05. The van der Waals surface area contributed by atoms with Crippen molar-refractivity contribution in [2.45, 2.75) is 4.90 Å². The van der Waals surface area contributed by atoms with E-state index in [-0.39, 0.29) is 26.6 Å². The van der Waals surface area contributed by atoms with Gasteiger partial charge in [-0.25, -0.2) is 13.4 Å².